The summed E-state index contributed by atoms with van der Waals surface area (Å²) >= 11 is 0. The summed E-state index contributed by atoms with van der Waals surface area (Å²) in [5.74, 6) is -1.60. The molecular formula is C99H166O16P2. The Balaban J connectivity index is 4.58. The van der Waals surface area contributed by atoms with E-state index < -0.39 is 91.5 Å². The Hall–Kier alpha value is -5.35. The molecule has 0 spiro atoms. The number of ether oxygens (including phenoxy) is 3. The highest BCUT2D eigenvalue weighted by molar-refractivity contribution is 7.47. The van der Waals surface area contributed by atoms with E-state index in [1.807, 2.05) is 0 Å². The number of esters is 3. The van der Waals surface area contributed by atoms with Gasteiger partial charge < -0.3 is 34.2 Å². The summed E-state index contributed by atoms with van der Waals surface area (Å²) in [5.41, 5.74) is 0. The first-order chi connectivity index (χ1) is 57.2. The molecule has 0 aromatic rings. The molecule has 0 heterocycles. The van der Waals surface area contributed by atoms with Gasteiger partial charge in [0.2, 0.25) is 0 Å². The van der Waals surface area contributed by atoms with Crippen LogP contribution in [0.15, 0.2) is 182 Å². The summed E-state index contributed by atoms with van der Waals surface area (Å²) in [6, 6.07) is 0. The van der Waals surface area contributed by atoms with Gasteiger partial charge in [0, 0.05) is 19.3 Å². The van der Waals surface area contributed by atoms with Gasteiger partial charge in [-0.3, -0.25) is 32.5 Å². The van der Waals surface area contributed by atoms with Gasteiger partial charge >= 0.3 is 33.6 Å². The largest absolute Gasteiger partial charge is 0.472 e. The number of rotatable bonds is 86. The summed E-state index contributed by atoms with van der Waals surface area (Å²) < 4.78 is 61.5. The van der Waals surface area contributed by atoms with Gasteiger partial charge in [0.1, 0.15) is 25.4 Å². The lowest BCUT2D eigenvalue weighted by Crippen LogP contribution is -2.30. The Morgan fingerprint density at radius 1 is 0.239 bits per heavy atom. The minimum Gasteiger partial charge on any atom is -0.463 e. The lowest BCUT2D eigenvalue weighted by atomic mass is 10.0. The zero-order chi connectivity index (χ0) is 85.1. The quantitative estimate of drug-likeness (QED) is 0.0146. The first-order valence-electron chi connectivity index (χ1n) is 46.1. The second-order valence-corrected chi connectivity index (χ2v) is 33.2. The fourth-order valence-electron chi connectivity index (χ4n) is 12.2. The smallest absolute Gasteiger partial charge is 0.463 e. The van der Waals surface area contributed by atoms with E-state index in [-0.39, 0.29) is 19.3 Å². The molecule has 0 aliphatic heterocycles. The maximum atomic E-state index is 13.1. The maximum Gasteiger partial charge on any atom is 0.472 e. The zero-order valence-corrected chi connectivity index (χ0v) is 75.4. The molecule has 117 heavy (non-hydrogen) atoms. The van der Waals surface area contributed by atoms with Gasteiger partial charge in [-0.25, -0.2) is 9.13 Å². The van der Waals surface area contributed by atoms with Gasteiger partial charge in [0.05, 0.1) is 26.4 Å². The number of unbranched alkanes of at least 4 members (excludes halogenated alkanes) is 33. The van der Waals surface area contributed by atoms with Crippen molar-refractivity contribution in [1.82, 2.24) is 0 Å². The van der Waals surface area contributed by atoms with E-state index in [9.17, 15) is 43.5 Å². The van der Waals surface area contributed by atoms with E-state index in [0.717, 1.165) is 180 Å². The first kappa shape index (κ1) is 112. The van der Waals surface area contributed by atoms with Gasteiger partial charge in [-0.05, 0) is 154 Å². The van der Waals surface area contributed by atoms with Crippen LogP contribution < -0.4 is 0 Å². The van der Waals surface area contributed by atoms with Crippen molar-refractivity contribution in [2.45, 2.75) is 386 Å². The second kappa shape index (κ2) is 89.9. The van der Waals surface area contributed by atoms with Crippen LogP contribution in [0.3, 0.4) is 0 Å². The zero-order valence-electron chi connectivity index (χ0n) is 73.6. The topological polar surface area (TPSA) is 231 Å². The molecule has 0 amide bonds. The van der Waals surface area contributed by atoms with Crippen LogP contribution in [0.2, 0.25) is 0 Å². The Morgan fingerprint density at radius 3 is 0.675 bits per heavy atom. The third kappa shape index (κ3) is 91.2. The van der Waals surface area contributed by atoms with Gasteiger partial charge in [-0.15, -0.1) is 0 Å². The van der Waals surface area contributed by atoms with Gasteiger partial charge in [-0.2, -0.15) is 0 Å². The van der Waals surface area contributed by atoms with Crippen molar-refractivity contribution in [3.8, 4) is 0 Å². The Morgan fingerprint density at radius 2 is 0.427 bits per heavy atom. The SMILES string of the molecule is CC/C=C\C/C=C\C/C=C\C/C=C\C/C=C\CCCCCCCCCCCCCCCCCCCC(=O)OCC(O)COP(=O)(O)OCC(O)COP(=O)(O)OCC(COC(=O)CCCCCCCCCCCCC/C=C\C/C=C\C/C=C\C/C=C\C/C=C\CC)OC(=O)CCCCCCC/C=C\C/C=C\C/C=C\C/C=C\C/C=C\CC. The van der Waals surface area contributed by atoms with Crippen LogP contribution >= 0.6 is 15.6 Å². The van der Waals surface area contributed by atoms with E-state index in [4.69, 9.17) is 32.3 Å². The molecule has 668 valence electrons. The number of carbonyl (C=O) groups excluding carboxylic acids is 3. The molecule has 0 bridgehead atoms. The fourth-order valence-corrected chi connectivity index (χ4v) is 13.8. The van der Waals surface area contributed by atoms with Crippen LogP contribution in [-0.2, 0) is 55.8 Å². The summed E-state index contributed by atoms with van der Waals surface area (Å²) in [7, 11) is -9.82. The van der Waals surface area contributed by atoms with Crippen molar-refractivity contribution in [3.05, 3.63) is 182 Å². The number of hydrogen-bond acceptors (Lipinski definition) is 14. The lowest BCUT2D eigenvalue weighted by molar-refractivity contribution is -0.161. The number of allylic oxidation sites excluding steroid dienone is 30. The second-order valence-electron chi connectivity index (χ2n) is 30.3. The van der Waals surface area contributed by atoms with Gasteiger partial charge in [-0.1, -0.05) is 376 Å². The fraction of sp³-hybridized carbons (Fsp3) is 0.667. The third-order valence-corrected chi connectivity index (χ3v) is 21.0. The molecular weight excluding hydrogens is 1510 g/mol. The maximum absolute atomic E-state index is 13.1. The van der Waals surface area contributed by atoms with Crippen LogP contribution in [0, 0.1) is 0 Å². The van der Waals surface area contributed by atoms with E-state index >= 15 is 0 Å². The highest BCUT2D eigenvalue weighted by atomic mass is 31.2. The van der Waals surface area contributed by atoms with Gasteiger partial charge in [0.25, 0.3) is 0 Å². The molecule has 5 atom stereocenters. The molecule has 4 N–H and O–H groups in total. The molecule has 0 fully saturated rings. The number of phosphoric acid groups is 2. The Labute approximate surface area is 713 Å². The van der Waals surface area contributed by atoms with Crippen molar-refractivity contribution in [2.75, 3.05) is 39.6 Å². The lowest BCUT2D eigenvalue weighted by Gasteiger charge is -2.21. The van der Waals surface area contributed by atoms with E-state index in [1.54, 1.807) is 0 Å². The molecule has 0 saturated heterocycles. The van der Waals surface area contributed by atoms with E-state index in [1.165, 1.54) is 128 Å². The average Bonchev–Trinajstić information content (AvgIpc) is 0.902. The predicted molar refractivity (Wildman–Crippen MR) is 491 cm³/mol. The van der Waals surface area contributed by atoms with Crippen molar-refractivity contribution in [3.63, 3.8) is 0 Å². The molecule has 16 nitrogen and oxygen atoms in total. The van der Waals surface area contributed by atoms with Gasteiger partial charge in [0.15, 0.2) is 6.10 Å². The molecule has 0 radical (unpaired) electrons. The molecule has 18 heteroatoms. The Bertz CT molecular complexity index is 2860. The van der Waals surface area contributed by atoms with Crippen molar-refractivity contribution in [2.24, 2.45) is 0 Å². The van der Waals surface area contributed by atoms with Crippen LogP contribution in [0.5, 0.6) is 0 Å². The molecule has 0 rings (SSSR count). The molecule has 0 aromatic carbocycles. The summed E-state index contributed by atoms with van der Waals surface area (Å²) in [5, 5.41) is 20.7. The Kier molecular flexibility index (Phi) is 85.8. The van der Waals surface area contributed by atoms with Crippen molar-refractivity contribution < 1.29 is 75.8 Å². The number of aliphatic hydroxyl groups excluding tert-OH is 2. The van der Waals surface area contributed by atoms with Crippen LogP contribution in [0.1, 0.15) is 367 Å². The van der Waals surface area contributed by atoms with E-state index in [0.29, 0.717) is 19.3 Å². The minimum absolute atomic E-state index is 0.0767. The van der Waals surface area contributed by atoms with Crippen molar-refractivity contribution >= 4 is 33.6 Å². The summed E-state index contributed by atoms with van der Waals surface area (Å²) in [6.07, 6.45) is 118. The third-order valence-electron chi connectivity index (χ3n) is 19.1. The molecule has 0 aromatic heterocycles. The molecule has 0 aliphatic rings. The van der Waals surface area contributed by atoms with Crippen LogP contribution in [0.4, 0.5) is 0 Å². The van der Waals surface area contributed by atoms with Crippen molar-refractivity contribution in [1.29, 1.82) is 0 Å². The van der Waals surface area contributed by atoms with Crippen LogP contribution in [0.25, 0.3) is 0 Å². The standard InChI is InChI=1S/C99H166O16P2/c1-4-7-10-13-16-19-22-25-28-31-34-37-39-41-43-44-45-46-47-48-50-52-53-56-58-61-64-67-70-73-76-79-82-85-97(102)109-88-94(100)89-111-116(105,106)112-90-95(101)91-113-117(107,108)114-93-96(115-99(104)87-84-81-78-75-72-69-66-63-60-55-36-33-30-27-24-21-18-15-12-9-6-3)92-110-98(103)86-83-80-77-74-71-68-65-62-59-57-54-51-49-42-40-38-35-32-29-26-23-20-17-14-11-8-5-2/h7-12,16-21,25-30,34-38,41-43,49,55,63,66,94-96,100-101H,4-6,13-15,22-24,31-33,39-40,44-48,50-54,56-62,64-65,67-93H2,1-3H3,(H,105,106)(H,107,108)/b10-7-,11-8-,12-9-,19-16-,20-17-,21-18-,28-25-,29-26-,30-27-,37-34-,38-35-,43-41-,49-42-,55-36-,66-63-. The van der Waals surface area contributed by atoms with Crippen LogP contribution in [-0.4, -0.2) is 95.9 Å². The first-order valence-corrected chi connectivity index (χ1v) is 49.1. The minimum atomic E-state index is -4.95. The molecule has 0 saturated carbocycles. The van der Waals surface area contributed by atoms with E-state index in [2.05, 4.69) is 203 Å². The highest BCUT2D eigenvalue weighted by Crippen LogP contribution is 2.45. The number of hydrogen-bond donors (Lipinski definition) is 4. The number of carbonyl (C=O) groups is 3. The number of phosphoric ester groups is 2. The average molecular weight is 1670 g/mol. The normalized spacial score (nSPS) is 14.6. The summed E-state index contributed by atoms with van der Waals surface area (Å²) in [6.45, 7) is 2.35. The number of aliphatic hydroxyl groups is 2. The molecule has 5 unspecified atom stereocenters. The monoisotopic (exact) mass is 1670 g/mol. The molecule has 0 aliphatic carbocycles. The highest BCUT2D eigenvalue weighted by Gasteiger charge is 2.29. The predicted octanol–water partition coefficient (Wildman–Crippen LogP) is 28.4. The summed E-state index contributed by atoms with van der Waals surface area (Å²) in [4.78, 5) is 59.0.